The van der Waals surface area contributed by atoms with Gasteiger partial charge in [-0.2, -0.15) is 5.10 Å². The van der Waals surface area contributed by atoms with Crippen LogP contribution in [0.1, 0.15) is 71.9 Å². The minimum Gasteiger partial charge on any atom is -0.331 e. The number of rotatable bonds is 5. The van der Waals surface area contributed by atoms with Gasteiger partial charge in [-0.15, -0.1) is 0 Å². The van der Waals surface area contributed by atoms with Gasteiger partial charge in [-0.05, 0) is 63.9 Å². The molecule has 0 bridgehead atoms. The van der Waals surface area contributed by atoms with Gasteiger partial charge in [0, 0.05) is 42.3 Å². The van der Waals surface area contributed by atoms with E-state index < -0.39 is 0 Å². The Bertz CT molecular complexity index is 1070. The summed E-state index contributed by atoms with van der Waals surface area (Å²) in [6, 6.07) is 8.72. The van der Waals surface area contributed by atoms with E-state index in [0.29, 0.717) is 28.7 Å². The number of ketones is 1. The van der Waals surface area contributed by atoms with Crippen LogP contribution in [-0.4, -0.2) is 31.0 Å². The van der Waals surface area contributed by atoms with Crippen LogP contribution in [0, 0.1) is 0 Å². The zero-order valence-electron chi connectivity index (χ0n) is 17.1. The standard InChI is InChI=1S/C22H25N5O2/c1-22(2,3)27-18(14-5-6-14)13-17(25-27)21(29)24-16-9-7-15(8-10-16)19(28)20-23-11-12-26(20)4/h7-14H,5-6H2,1-4H3,(H,24,29). The van der Waals surface area contributed by atoms with Crippen molar-refractivity contribution in [1.82, 2.24) is 19.3 Å². The zero-order valence-corrected chi connectivity index (χ0v) is 17.1. The SMILES string of the molecule is Cn1ccnc1C(=O)c1ccc(NC(=O)c2cc(C3CC3)n(C(C)(C)C)n2)cc1. The molecule has 7 nitrogen and oxygen atoms in total. The van der Waals surface area contributed by atoms with Gasteiger partial charge in [0.05, 0.1) is 5.54 Å². The largest absolute Gasteiger partial charge is 0.331 e. The van der Waals surface area contributed by atoms with Crippen molar-refractivity contribution in [3.8, 4) is 0 Å². The van der Waals surface area contributed by atoms with Crippen molar-refractivity contribution in [2.24, 2.45) is 7.05 Å². The number of aryl methyl sites for hydroxylation is 1. The fourth-order valence-electron chi connectivity index (χ4n) is 3.33. The lowest BCUT2D eigenvalue weighted by atomic mass is 10.1. The van der Waals surface area contributed by atoms with Crippen molar-refractivity contribution in [2.45, 2.75) is 45.1 Å². The lowest BCUT2D eigenvalue weighted by Crippen LogP contribution is -2.25. The first-order valence-corrected chi connectivity index (χ1v) is 9.78. The van der Waals surface area contributed by atoms with Crippen molar-refractivity contribution in [3.05, 3.63) is 65.5 Å². The van der Waals surface area contributed by atoms with Gasteiger partial charge in [-0.3, -0.25) is 14.3 Å². The summed E-state index contributed by atoms with van der Waals surface area (Å²) >= 11 is 0. The molecule has 1 aliphatic rings. The highest BCUT2D eigenvalue weighted by molar-refractivity contribution is 6.07. The number of hydrogen-bond acceptors (Lipinski definition) is 4. The van der Waals surface area contributed by atoms with Crippen LogP contribution < -0.4 is 5.32 Å². The third kappa shape index (κ3) is 3.85. The number of anilines is 1. The summed E-state index contributed by atoms with van der Waals surface area (Å²) in [5.41, 5.74) is 2.49. The Morgan fingerprint density at radius 2 is 1.83 bits per heavy atom. The Balaban J connectivity index is 1.50. The number of aromatic nitrogens is 4. The van der Waals surface area contributed by atoms with Crippen molar-refractivity contribution in [3.63, 3.8) is 0 Å². The number of nitrogens with zero attached hydrogens (tertiary/aromatic N) is 4. The average molecular weight is 391 g/mol. The molecule has 0 aliphatic heterocycles. The highest BCUT2D eigenvalue weighted by Gasteiger charge is 2.32. The molecule has 0 atom stereocenters. The molecule has 7 heteroatoms. The first-order chi connectivity index (χ1) is 13.7. The minimum absolute atomic E-state index is 0.159. The van der Waals surface area contributed by atoms with Crippen molar-refractivity contribution >= 4 is 17.4 Å². The van der Waals surface area contributed by atoms with Crippen molar-refractivity contribution in [2.75, 3.05) is 5.32 Å². The number of amides is 1. The topological polar surface area (TPSA) is 81.8 Å². The van der Waals surface area contributed by atoms with Crippen LogP contribution in [0.15, 0.2) is 42.7 Å². The molecule has 0 spiro atoms. The number of hydrogen-bond donors (Lipinski definition) is 1. The number of carbonyl (C=O) groups excluding carboxylic acids is 2. The molecule has 2 aromatic heterocycles. The number of carbonyl (C=O) groups is 2. The van der Waals surface area contributed by atoms with E-state index in [9.17, 15) is 9.59 Å². The summed E-state index contributed by atoms with van der Waals surface area (Å²) < 4.78 is 3.65. The fraction of sp³-hybridized carbons (Fsp3) is 0.364. The molecule has 150 valence electrons. The predicted molar refractivity (Wildman–Crippen MR) is 110 cm³/mol. The lowest BCUT2D eigenvalue weighted by Gasteiger charge is -2.22. The summed E-state index contributed by atoms with van der Waals surface area (Å²) in [7, 11) is 1.78. The number of imidazole rings is 1. The molecule has 0 saturated heterocycles. The summed E-state index contributed by atoms with van der Waals surface area (Å²) in [4.78, 5) is 29.3. The minimum atomic E-state index is -0.252. The monoisotopic (exact) mass is 391 g/mol. The Morgan fingerprint density at radius 1 is 1.14 bits per heavy atom. The summed E-state index contributed by atoms with van der Waals surface area (Å²) in [5.74, 6) is 0.466. The van der Waals surface area contributed by atoms with Gasteiger partial charge in [-0.1, -0.05) is 0 Å². The van der Waals surface area contributed by atoms with Gasteiger partial charge >= 0.3 is 0 Å². The Hall–Kier alpha value is -3.22. The maximum absolute atomic E-state index is 12.7. The van der Waals surface area contributed by atoms with E-state index in [2.05, 4.69) is 36.2 Å². The Morgan fingerprint density at radius 3 is 2.38 bits per heavy atom. The van der Waals surface area contributed by atoms with E-state index in [0.717, 1.165) is 18.5 Å². The molecular formula is C22H25N5O2. The average Bonchev–Trinajstić information content (AvgIpc) is 3.25. The molecule has 1 aromatic carbocycles. The highest BCUT2D eigenvalue weighted by Crippen LogP contribution is 2.41. The van der Waals surface area contributed by atoms with Crippen LogP contribution in [0.2, 0.25) is 0 Å². The van der Waals surface area contributed by atoms with Gasteiger partial charge < -0.3 is 9.88 Å². The first-order valence-electron chi connectivity index (χ1n) is 9.78. The normalized spacial score (nSPS) is 14.1. The van der Waals surface area contributed by atoms with Crippen LogP contribution in [0.3, 0.4) is 0 Å². The van der Waals surface area contributed by atoms with E-state index >= 15 is 0 Å². The summed E-state index contributed by atoms with van der Waals surface area (Å²) in [6.07, 6.45) is 5.62. The van der Waals surface area contributed by atoms with Gasteiger partial charge in [-0.25, -0.2) is 4.98 Å². The Kier molecular flexibility index (Phi) is 4.61. The van der Waals surface area contributed by atoms with Crippen molar-refractivity contribution < 1.29 is 9.59 Å². The molecule has 1 fully saturated rings. The second-order valence-electron chi connectivity index (χ2n) is 8.53. The van der Waals surface area contributed by atoms with Crippen LogP contribution in [0.4, 0.5) is 5.69 Å². The molecule has 4 rings (SSSR count). The zero-order chi connectivity index (χ0) is 20.8. The first kappa shape index (κ1) is 19.1. The third-order valence-corrected chi connectivity index (χ3v) is 5.03. The predicted octanol–water partition coefficient (Wildman–Crippen LogP) is 3.73. The molecule has 0 unspecified atom stereocenters. The van der Waals surface area contributed by atoms with Gasteiger partial charge in [0.1, 0.15) is 0 Å². The fourth-order valence-corrected chi connectivity index (χ4v) is 3.33. The number of nitrogens with one attached hydrogen (secondary N) is 1. The van der Waals surface area contributed by atoms with E-state index in [1.807, 2.05) is 10.7 Å². The smallest absolute Gasteiger partial charge is 0.276 e. The van der Waals surface area contributed by atoms with Crippen LogP contribution in [0.25, 0.3) is 0 Å². The molecule has 1 N–H and O–H groups in total. The second-order valence-corrected chi connectivity index (χ2v) is 8.53. The van der Waals surface area contributed by atoms with E-state index in [1.165, 1.54) is 0 Å². The lowest BCUT2D eigenvalue weighted by molar-refractivity contribution is 0.101. The van der Waals surface area contributed by atoms with Crippen LogP contribution in [0.5, 0.6) is 0 Å². The quantitative estimate of drug-likeness (QED) is 0.672. The Labute approximate surface area is 169 Å². The van der Waals surface area contributed by atoms with E-state index in [1.54, 1.807) is 48.3 Å². The maximum atomic E-state index is 12.7. The molecule has 1 saturated carbocycles. The molecule has 1 aliphatic carbocycles. The summed E-state index contributed by atoms with van der Waals surface area (Å²) in [5, 5.41) is 7.44. The van der Waals surface area contributed by atoms with Crippen LogP contribution in [-0.2, 0) is 12.6 Å². The van der Waals surface area contributed by atoms with E-state index in [-0.39, 0.29) is 17.2 Å². The maximum Gasteiger partial charge on any atom is 0.276 e. The van der Waals surface area contributed by atoms with Gasteiger partial charge in [0.2, 0.25) is 5.78 Å². The van der Waals surface area contributed by atoms with Crippen LogP contribution >= 0.6 is 0 Å². The molecule has 0 radical (unpaired) electrons. The second kappa shape index (κ2) is 6.99. The molecule has 2 heterocycles. The highest BCUT2D eigenvalue weighted by atomic mass is 16.2. The molecule has 1 amide bonds. The molecule has 3 aromatic rings. The molecule has 29 heavy (non-hydrogen) atoms. The van der Waals surface area contributed by atoms with Gasteiger partial charge in [0.15, 0.2) is 11.5 Å². The number of benzene rings is 1. The third-order valence-electron chi connectivity index (χ3n) is 5.03. The summed E-state index contributed by atoms with van der Waals surface area (Å²) in [6.45, 7) is 6.26. The van der Waals surface area contributed by atoms with E-state index in [4.69, 9.17) is 0 Å². The van der Waals surface area contributed by atoms with Crippen molar-refractivity contribution in [1.29, 1.82) is 0 Å². The van der Waals surface area contributed by atoms with Gasteiger partial charge in [0.25, 0.3) is 5.91 Å². The molecular weight excluding hydrogens is 366 g/mol.